The molecule has 2 aliphatic rings. The van der Waals surface area contributed by atoms with Gasteiger partial charge in [-0.05, 0) is 78.0 Å². The lowest BCUT2D eigenvalue weighted by Gasteiger charge is -2.41. The van der Waals surface area contributed by atoms with Crippen LogP contribution in [0.2, 0.25) is 0 Å². The fraction of sp³-hybridized carbons (Fsp3) is 0.826. The number of nitrogens with one attached hydrogen (secondary N) is 2. The van der Waals surface area contributed by atoms with Crippen molar-refractivity contribution < 1.29 is 0 Å². The molecule has 2 fully saturated rings. The lowest BCUT2D eigenvalue weighted by molar-refractivity contribution is 0.0982. The Hall–Kier alpha value is -1.18. The minimum absolute atomic E-state index is 0.163. The van der Waals surface area contributed by atoms with Gasteiger partial charge in [0.05, 0.1) is 10.7 Å². The van der Waals surface area contributed by atoms with Gasteiger partial charge in [-0.1, -0.05) is 13.3 Å². The van der Waals surface area contributed by atoms with E-state index in [-0.39, 0.29) is 5.54 Å². The summed E-state index contributed by atoms with van der Waals surface area (Å²) in [4.78, 5) is 14.4. The Balaban J connectivity index is 1.35. The van der Waals surface area contributed by atoms with E-state index in [1.165, 1.54) is 69.0 Å². The fourth-order valence-electron chi connectivity index (χ4n) is 4.53. The van der Waals surface area contributed by atoms with Crippen LogP contribution in [-0.4, -0.2) is 72.6 Å². The van der Waals surface area contributed by atoms with Gasteiger partial charge in [-0.25, -0.2) is 4.98 Å². The van der Waals surface area contributed by atoms with Gasteiger partial charge in [0.1, 0.15) is 0 Å². The molecule has 3 heterocycles. The lowest BCUT2D eigenvalue weighted by atomic mass is 9.96. The Morgan fingerprint density at radius 3 is 2.53 bits per heavy atom. The number of hydrogen-bond donors (Lipinski definition) is 2. The molecule has 170 valence electrons. The molecule has 0 aromatic carbocycles. The summed E-state index contributed by atoms with van der Waals surface area (Å²) in [6.45, 7) is 14.6. The molecule has 0 radical (unpaired) electrons. The van der Waals surface area contributed by atoms with Crippen molar-refractivity contribution in [2.75, 3.05) is 46.3 Å². The molecule has 0 unspecified atom stereocenters. The van der Waals surface area contributed by atoms with Gasteiger partial charge in [-0.15, -0.1) is 11.3 Å². The zero-order valence-electron chi connectivity index (χ0n) is 19.5. The number of rotatable bonds is 8. The van der Waals surface area contributed by atoms with Crippen molar-refractivity contribution in [3.8, 4) is 0 Å². The van der Waals surface area contributed by atoms with Gasteiger partial charge in [0.15, 0.2) is 5.96 Å². The number of piperidine rings is 2. The van der Waals surface area contributed by atoms with Crippen LogP contribution in [0.4, 0.5) is 0 Å². The highest BCUT2D eigenvalue weighted by atomic mass is 32.1. The van der Waals surface area contributed by atoms with Gasteiger partial charge < -0.3 is 10.6 Å². The highest BCUT2D eigenvalue weighted by molar-refractivity contribution is 7.09. The van der Waals surface area contributed by atoms with Crippen LogP contribution in [0.5, 0.6) is 0 Å². The molecule has 2 aliphatic heterocycles. The predicted molar refractivity (Wildman–Crippen MR) is 128 cm³/mol. The molecular formula is C23H42N6S. The first-order valence-corrected chi connectivity index (χ1v) is 12.7. The summed E-state index contributed by atoms with van der Waals surface area (Å²) in [6, 6.07) is 0. The van der Waals surface area contributed by atoms with Crippen molar-refractivity contribution >= 4 is 17.3 Å². The smallest absolute Gasteiger partial charge is 0.191 e. The monoisotopic (exact) mass is 434 g/mol. The zero-order valence-corrected chi connectivity index (χ0v) is 20.4. The van der Waals surface area contributed by atoms with Crippen molar-refractivity contribution in [3.05, 3.63) is 16.1 Å². The van der Waals surface area contributed by atoms with Gasteiger partial charge in [0, 0.05) is 37.6 Å². The molecule has 2 N–H and O–H groups in total. The van der Waals surface area contributed by atoms with E-state index < -0.39 is 0 Å². The van der Waals surface area contributed by atoms with Gasteiger partial charge >= 0.3 is 0 Å². The molecule has 1 aromatic rings. The molecule has 0 amide bonds. The maximum absolute atomic E-state index is 4.72. The minimum atomic E-state index is 0.163. The quantitative estimate of drug-likeness (QED) is 0.485. The van der Waals surface area contributed by atoms with Crippen LogP contribution in [0, 0.1) is 5.92 Å². The molecule has 0 bridgehead atoms. The van der Waals surface area contributed by atoms with E-state index in [2.05, 4.69) is 51.6 Å². The molecule has 6 nitrogen and oxygen atoms in total. The Kier molecular flexibility index (Phi) is 8.96. The second-order valence-electron chi connectivity index (χ2n) is 9.47. The lowest BCUT2D eigenvalue weighted by Crippen LogP contribution is -2.55. The van der Waals surface area contributed by atoms with E-state index in [4.69, 9.17) is 4.98 Å². The highest BCUT2D eigenvalue weighted by Gasteiger charge is 2.28. The zero-order chi connectivity index (χ0) is 21.4. The third-order valence-electron chi connectivity index (χ3n) is 6.68. The van der Waals surface area contributed by atoms with Gasteiger partial charge in [0.2, 0.25) is 0 Å². The Bertz CT molecular complexity index is 656. The summed E-state index contributed by atoms with van der Waals surface area (Å²) in [7, 11) is 1.88. The summed E-state index contributed by atoms with van der Waals surface area (Å²) in [5.41, 5.74) is 1.41. The number of guanidine groups is 1. The highest BCUT2D eigenvalue weighted by Crippen LogP contribution is 2.21. The Morgan fingerprint density at radius 2 is 1.90 bits per heavy atom. The predicted octanol–water partition coefficient (Wildman–Crippen LogP) is 3.35. The van der Waals surface area contributed by atoms with Crippen LogP contribution in [0.3, 0.4) is 0 Å². The van der Waals surface area contributed by atoms with Crippen LogP contribution in [-0.2, 0) is 13.0 Å². The van der Waals surface area contributed by atoms with Crippen LogP contribution in [0.15, 0.2) is 10.4 Å². The number of aliphatic imine (C=N–C) groups is 1. The van der Waals surface area contributed by atoms with Crippen molar-refractivity contribution in [3.63, 3.8) is 0 Å². The van der Waals surface area contributed by atoms with E-state index in [0.29, 0.717) is 0 Å². The first-order valence-electron chi connectivity index (χ1n) is 11.9. The summed E-state index contributed by atoms with van der Waals surface area (Å²) < 4.78 is 0. The normalized spacial score (nSPS) is 20.5. The third-order valence-corrected chi connectivity index (χ3v) is 7.72. The third kappa shape index (κ3) is 6.92. The number of thiazole rings is 1. The Labute approximate surface area is 187 Å². The van der Waals surface area contributed by atoms with E-state index in [1.807, 2.05) is 7.05 Å². The molecule has 0 atom stereocenters. The SMILES string of the molecule is CCc1nc(CN2CCC(CNC(=NC)NCC(C)(C)N3CCCCC3)CC2)cs1. The number of hydrogen-bond acceptors (Lipinski definition) is 5. The second-order valence-corrected chi connectivity index (χ2v) is 10.4. The van der Waals surface area contributed by atoms with Crippen molar-refractivity contribution in [1.29, 1.82) is 0 Å². The molecular weight excluding hydrogens is 392 g/mol. The van der Waals surface area contributed by atoms with Crippen LogP contribution in [0.25, 0.3) is 0 Å². The standard InChI is InChI=1S/C23H42N6S/c1-5-21-27-20(17-30-21)16-28-13-9-19(10-14-28)15-25-22(24-4)26-18-23(2,3)29-11-7-6-8-12-29/h17,19H,5-16,18H2,1-4H3,(H2,24,25,26). The molecule has 2 saturated heterocycles. The number of aromatic nitrogens is 1. The van der Waals surface area contributed by atoms with Crippen molar-refractivity contribution in [2.24, 2.45) is 10.9 Å². The van der Waals surface area contributed by atoms with E-state index in [9.17, 15) is 0 Å². The summed E-state index contributed by atoms with van der Waals surface area (Å²) in [5.74, 6) is 1.66. The topological polar surface area (TPSA) is 55.8 Å². The van der Waals surface area contributed by atoms with Crippen LogP contribution < -0.4 is 10.6 Å². The van der Waals surface area contributed by atoms with Gasteiger partial charge in [-0.2, -0.15) is 0 Å². The number of aryl methyl sites for hydroxylation is 1. The molecule has 0 aliphatic carbocycles. The van der Waals surface area contributed by atoms with Gasteiger partial charge in [0.25, 0.3) is 0 Å². The maximum atomic E-state index is 4.72. The summed E-state index contributed by atoms with van der Waals surface area (Å²) >= 11 is 1.80. The largest absolute Gasteiger partial charge is 0.356 e. The van der Waals surface area contributed by atoms with E-state index >= 15 is 0 Å². The maximum Gasteiger partial charge on any atom is 0.191 e. The number of nitrogens with zero attached hydrogens (tertiary/aromatic N) is 4. The van der Waals surface area contributed by atoms with Crippen LogP contribution >= 0.6 is 11.3 Å². The average Bonchev–Trinajstić information content (AvgIpc) is 3.23. The van der Waals surface area contributed by atoms with Crippen molar-refractivity contribution in [1.82, 2.24) is 25.4 Å². The van der Waals surface area contributed by atoms with Crippen molar-refractivity contribution in [2.45, 2.75) is 71.4 Å². The molecule has 1 aromatic heterocycles. The van der Waals surface area contributed by atoms with E-state index in [1.54, 1.807) is 11.3 Å². The Morgan fingerprint density at radius 1 is 1.17 bits per heavy atom. The second kappa shape index (κ2) is 11.4. The summed E-state index contributed by atoms with van der Waals surface area (Å²) in [6.07, 6.45) is 7.57. The summed E-state index contributed by atoms with van der Waals surface area (Å²) in [5, 5.41) is 10.6. The molecule has 3 rings (SSSR count). The first-order chi connectivity index (χ1) is 14.5. The molecule has 0 spiro atoms. The molecule has 7 heteroatoms. The fourth-order valence-corrected chi connectivity index (χ4v) is 5.27. The average molecular weight is 435 g/mol. The minimum Gasteiger partial charge on any atom is -0.356 e. The van der Waals surface area contributed by atoms with Crippen LogP contribution in [0.1, 0.15) is 63.6 Å². The van der Waals surface area contributed by atoms with E-state index in [0.717, 1.165) is 37.9 Å². The molecule has 30 heavy (non-hydrogen) atoms. The molecule has 0 saturated carbocycles. The van der Waals surface area contributed by atoms with Gasteiger partial charge in [-0.3, -0.25) is 14.8 Å². The first kappa shape index (κ1) is 23.5. The number of likely N-dealkylation sites (tertiary alicyclic amines) is 2.